The first-order chi connectivity index (χ1) is 17.0. The summed E-state index contributed by atoms with van der Waals surface area (Å²) in [6.07, 6.45) is 4.86. The van der Waals surface area contributed by atoms with E-state index >= 15 is 0 Å². The second-order valence-electron chi connectivity index (χ2n) is 16.3. The number of hydrogen-bond acceptors (Lipinski definition) is 6. The first kappa shape index (κ1) is 19.6. The van der Waals surface area contributed by atoms with Crippen LogP contribution in [0.5, 0.6) is 0 Å². The molecule has 0 bridgehead atoms. The lowest BCUT2D eigenvalue weighted by atomic mass is 9.08. The predicted molar refractivity (Wildman–Crippen MR) is 147 cm³/mol. The molecule has 0 amide bonds. The zero-order chi connectivity index (χ0) is 22.4. The topological polar surface area (TPSA) is 9.23 Å². The third-order valence-corrected chi connectivity index (χ3v) is 29.1. The van der Waals surface area contributed by atoms with Crippen molar-refractivity contribution < 1.29 is 4.18 Å². The molecule has 24 atom stereocenters. The van der Waals surface area contributed by atoms with Crippen LogP contribution < -0.4 is 0 Å². The van der Waals surface area contributed by atoms with E-state index in [0.29, 0.717) is 5.41 Å². The van der Waals surface area contributed by atoms with Crippen LogP contribution in [0.4, 0.5) is 0 Å². The molecule has 0 aromatic rings. The van der Waals surface area contributed by atoms with E-state index in [-0.39, 0.29) is 0 Å². The molecule has 0 spiro atoms. The van der Waals surface area contributed by atoms with Gasteiger partial charge < -0.3 is 4.18 Å². The summed E-state index contributed by atoms with van der Waals surface area (Å²) in [5.41, 5.74) is 0.467. The van der Waals surface area contributed by atoms with E-state index in [0.717, 1.165) is 77.6 Å². The molecular weight excluding hydrogens is 545 g/mol. The molecular formula is C28H31OS6-. The summed E-state index contributed by atoms with van der Waals surface area (Å²) in [7, 11) is -0.783. The van der Waals surface area contributed by atoms with Gasteiger partial charge in [-0.3, -0.25) is 7.05 Å². The number of hydrogen-bond donors (Lipinski definition) is 0. The van der Waals surface area contributed by atoms with Gasteiger partial charge in [-0.05, 0) is 184 Å². The quantitative estimate of drug-likeness (QED) is 0.284. The number of fused-ring (bicyclic) bond motifs is 33. The van der Waals surface area contributed by atoms with Gasteiger partial charge in [-0.25, -0.2) is 22.4 Å². The van der Waals surface area contributed by atoms with Crippen LogP contribution in [0.3, 0.4) is 0 Å². The SMILES string of the molecule is S=[S-](=S)S(=S)(=S)OCC12C(C3C4C5C6C(C[C@@H]5C4[C@@H]31)[C@@H]1C6C3C4C[C@@H]4C31)C1C3C4C5CC5[C@@H]4C3[C@H]12. The van der Waals surface area contributed by atoms with Crippen LogP contribution in [0.15, 0.2) is 0 Å². The minimum atomic E-state index is -2.08. The molecule has 186 valence electrons. The fourth-order valence-electron chi connectivity index (χ4n) is 17.4. The Hall–Kier alpha value is 1.54. The third kappa shape index (κ3) is 1.55. The molecule has 0 aliphatic heterocycles. The van der Waals surface area contributed by atoms with Gasteiger partial charge in [0.1, 0.15) is 0 Å². The smallest absolute Gasteiger partial charge is 0.0663 e. The summed E-state index contributed by atoms with van der Waals surface area (Å²) in [6.45, 7) is -1.22. The van der Waals surface area contributed by atoms with Crippen LogP contribution in [0.2, 0.25) is 0 Å². The molecule has 13 aliphatic carbocycles. The highest BCUT2D eigenvalue weighted by Crippen LogP contribution is 3.00. The van der Waals surface area contributed by atoms with Gasteiger partial charge >= 0.3 is 0 Å². The Kier molecular flexibility index (Phi) is 2.89. The Morgan fingerprint density at radius 3 is 1.57 bits per heavy atom. The predicted octanol–water partition coefficient (Wildman–Crippen LogP) is 3.96. The van der Waals surface area contributed by atoms with Crippen LogP contribution in [0, 0.1) is 142 Å². The van der Waals surface area contributed by atoms with Crippen molar-refractivity contribution in [1.29, 1.82) is 0 Å². The first-order valence-electron chi connectivity index (χ1n) is 15.0. The maximum absolute atomic E-state index is 6.54. The van der Waals surface area contributed by atoms with Gasteiger partial charge in [0.25, 0.3) is 0 Å². The molecule has 0 saturated heterocycles. The van der Waals surface area contributed by atoms with Crippen LogP contribution >= 0.6 is 0 Å². The summed E-state index contributed by atoms with van der Waals surface area (Å²) >= 11 is 22.3. The highest BCUT2D eigenvalue weighted by atomic mass is 33.7. The standard InChI is InChI=1S/C28H31OS6/c30-34(31)35(32,33)29-4-28-25-18-10-3-9-15-11-5-1-6(5)12(11)19(15)16(9)17(10)20(18)23(25)27(28)24-21-13-7-2-8(7)14(13)22(21)26(24)28/h5-27H,1-4H2/q-1/t5-,6?,7?,8?,9?,10-,11?,12?,13?,14-,15-,16?,17?,18?,19?,20?,21?,22?,23?,24?,25-,26+,27?,28?/m0/s1. The van der Waals surface area contributed by atoms with Gasteiger partial charge in [0.15, 0.2) is 0 Å². The normalized spacial score (nSPS) is 81.6. The Balaban J connectivity index is 0.863. The Morgan fingerprint density at radius 1 is 0.543 bits per heavy atom. The lowest BCUT2D eigenvalue weighted by Gasteiger charge is -2.96. The van der Waals surface area contributed by atoms with E-state index < -0.39 is 13.5 Å². The molecule has 18 unspecified atom stereocenters. The summed E-state index contributed by atoms with van der Waals surface area (Å²) in [5, 5.41) is 0. The fraction of sp³-hybridized carbons (Fsp3) is 1.00. The van der Waals surface area contributed by atoms with Crippen LogP contribution in [-0.4, -0.2) is 6.61 Å². The van der Waals surface area contributed by atoms with Crippen LogP contribution in [-0.2, 0) is 62.4 Å². The van der Waals surface area contributed by atoms with Crippen molar-refractivity contribution in [2.75, 3.05) is 6.61 Å². The fourth-order valence-corrected chi connectivity index (χ4v) is 19.2. The first-order valence-corrected chi connectivity index (χ1v) is 22.0. The Labute approximate surface area is 228 Å². The average Bonchev–Trinajstić information content (AvgIpc) is 3.64. The van der Waals surface area contributed by atoms with Gasteiger partial charge in [0.05, 0.1) is 6.61 Å². The molecule has 0 aromatic carbocycles. The molecule has 13 rings (SSSR count). The molecule has 7 heteroatoms. The van der Waals surface area contributed by atoms with Gasteiger partial charge in [0, 0.05) is 5.41 Å². The summed E-state index contributed by atoms with van der Waals surface area (Å²) < 4.78 is 6.54. The molecule has 13 aliphatic rings. The van der Waals surface area contributed by atoms with E-state index in [4.69, 9.17) is 48.9 Å². The molecule has 0 radical (unpaired) electrons. The molecule has 13 fully saturated rings. The van der Waals surface area contributed by atoms with Crippen LogP contribution in [0.25, 0.3) is 0 Å². The molecule has 0 N–H and O–H groups in total. The lowest BCUT2D eigenvalue weighted by Crippen LogP contribution is -2.95. The highest BCUT2D eigenvalue weighted by Gasteiger charge is 2.97. The van der Waals surface area contributed by atoms with E-state index in [1.165, 1.54) is 65.1 Å². The second-order valence-corrected chi connectivity index (χ2v) is 28.8. The summed E-state index contributed by atoms with van der Waals surface area (Å²) in [6, 6.07) is 0. The van der Waals surface area contributed by atoms with E-state index in [9.17, 15) is 0 Å². The monoisotopic (exact) mass is 575 g/mol. The van der Waals surface area contributed by atoms with E-state index in [1.807, 2.05) is 0 Å². The Morgan fingerprint density at radius 2 is 0.943 bits per heavy atom. The van der Waals surface area contributed by atoms with Crippen molar-refractivity contribution in [2.24, 2.45) is 142 Å². The van der Waals surface area contributed by atoms with Crippen molar-refractivity contribution in [3.8, 4) is 0 Å². The van der Waals surface area contributed by atoms with Gasteiger partial charge in [-0.15, -0.1) is 0 Å². The third-order valence-electron chi connectivity index (χ3n) is 17.5. The largest absolute Gasteiger partial charge is 0.328 e. The zero-order valence-electron chi connectivity index (χ0n) is 19.5. The number of rotatable bonds is 4. The molecule has 0 heterocycles. The molecule has 13 saturated carbocycles. The van der Waals surface area contributed by atoms with Crippen molar-refractivity contribution >= 4 is 58.3 Å². The molecule has 0 aromatic heterocycles. The zero-order valence-corrected chi connectivity index (χ0v) is 24.4. The van der Waals surface area contributed by atoms with Crippen molar-refractivity contribution in [3.63, 3.8) is 0 Å². The average molecular weight is 576 g/mol. The van der Waals surface area contributed by atoms with Gasteiger partial charge in [-0.1, -0.05) is 0 Å². The summed E-state index contributed by atoms with van der Waals surface area (Å²) in [4.78, 5) is 0. The van der Waals surface area contributed by atoms with E-state index in [2.05, 4.69) is 0 Å². The Bertz CT molecular complexity index is 1400. The van der Waals surface area contributed by atoms with E-state index in [1.54, 1.807) is 19.3 Å². The lowest BCUT2D eigenvalue weighted by molar-refractivity contribution is -0.506. The van der Waals surface area contributed by atoms with Crippen LogP contribution in [0.1, 0.15) is 19.3 Å². The van der Waals surface area contributed by atoms with Gasteiger partial charge in [0.2, 0.25) is 0 Å². The van der Waals surface area contributed by atoms with Crippen molar-refractivity contribution in [3.05, 3.63) is 0 Å². The maximum Gasteiger partial charge on any atom is 0.0663 e. The minimum absolute atomic E-state index is 0.467. The molecule has 1 nitrogen and oxygen atoms in total. The van der Waals surface area contributed by atoms with Crippen molar-refractivity contribution in [1.82, 2.24) is 0 Å². The molecule has 35 heavy (non-hydrogen) atoms. The minimum Gasteiger partial charge on any atom is -0.328 e. The van der Waals surface area contributed by atoms with Crippen molar-refractivity contribution in [2.45, 2.75) is 19.3 Å². The second kappa shape index (κ2) is 5.17. The summed E-state index contributed by atoms with van der Waals surface area (Å²) in [5.74, 6) is 26.1. The maximum atomic E-state index is 6.54. The van der Waals surface area contributed by atoms with Gasteiger partial charge in [-0.2, -0.15) is 0 Å². The highest BCUT2D eigenvalue weighted by molar-refractivity contribution is 9.03.